The predicted octanol–water partition coefficient (Wildman–Crippen LogP) is 2.69. The number of Topliss-reactive ketones (excluding diaryl/α,β-unsaturated/α-hetero) is 1. The van der Waals surface area contributed by atoms with Gasteiger partial charge < -0.3 is 35.8 Å². The number of likely N-dealkylation sites (N-methyl/N-ethyl adjacent to an activating group) is 1. The van der Waals surface area contributed by atoms with Crippen molar-refractivity contribution in [2.45, 2.75) is 96.5 Å². The molecular formula is C43H56N6O8. The molecule has 1 heterocycles. The summed E-state index contributed by atoms with van der Waals surface area (Å²) in [7, 11) is 3.14. The van der Waals surface area contributed by atoms with Crippen LogP contribution in [-0.4, -0.2) is 102 Å². The Morgan fingerprint density at radius 3 is 2.07 bits per heavy atom. The molecule has 6 atom stereocenters. The first-order valence-electron chi connectivity index (χ1n) is 19.9. The average molecular weight is 785 g/mol. The van der Waals surface area contributed by atoms with E-state index in [0.29, 0.717) is 24.9 Å². The summed E-state index contributed by atoms with van der Waals surface area (Å²) in [6.45, 7) is 9.07. The Labute approximate surface area is 334 Å². The summed E-state index contributed by atoms with van der Waals surface area (Å²) >= 11 is 0. The predicted molar refractivity (Wildman–Crippen MR) is 210 cm³/mol. The van der Waals surface area contributed by atoms with Gasteiger partial charge in [0.2, 0.25) is 29.4 Å². The average Bonchev–Trinajstić information content (AvgIpc) is 3.91. The van der Waals surface area contributed by atoms with Crippen molar-refractivity contribution in [1.82, 2.24) is 31.1 Å². The van der Waals surface area contributed by atoms with E-state index in [-0.39, 0.29) is 41.4 Å². The van der Waals surface area contributed by atoms with Crippen molar-refractivity contribution in [2.24, 2.45) is 29.1 Å². The maximum atomic E-state index is 14.7. The van der Waals surface area contributed by atoms with E-state index in [0.717, 1.165) is 24.0 Å². The lowest BCUT2D eigenvalue weighted by Gasteiger charge is -2.35. The summed E-state index contributed by atoms with van der Waals surface area (Å²) in [6, 6.07) is 12.5. The Kier molecular flexibility index (Phi) is 11.8. The van der Waals surface area contributed by atoms with Gasteiger partial charge in [-0.3, -0.25) is 28.8 Å². The highest BCUT2D eigenvalue weighted by molar-refractivity contribution is 6.38. The lowest BCUT2D eigenvalue weighted by molar-refractivity contribution is -0.145. The summed E-state index contributed by atoms with van der Waals surface area (Å²) in [6.07, 6.45) is 2.33. The van der Waals surface area contributed by atoms with Crippen LogP contribution >= 0.6 is 0 Å². The van der Waals surface area contributed by atoms with Gasteiger partial charge in [-0.15, -0.1) is 0 Å². The second-order valence-electron chi connectivity index (χ2n) is 17.9. The van der Waals surface area contributed by atoms with E-state index in [2.05, 4.69) is 21.3 Å². The molecule has 1 saturated heterocycles. The minimum atomic E-state index is -1.18. The molecule has 2 aromatic rings. The van der Waals surface area contributed by atoms with Crippen LogP contribution in [0.5, 0.6) is 0 Å². The number of nitrogens with zero attached hydrogens (tertiary/aromatic N) is 2. The molecule has 0 spiro atoms. The van der Waals surface area contributed by atoms with E-state index in [1.807, 2.05) is 38.1 Å². The third-order valence-corrected chi connectivity index (χ3v) is 11.9. The van der Waals surface area contributed by atoms with E-state index in [4.69, 9.17) is 4.74 Å². The molecule has 3 aliphatic carbocycles. The fourth-order valence-electron chi connectivity index (χ4n) is 8.62. The standard InChI is InChI=1S/C43H56N6O8/c1-42(2,3)57-41(56)47-34(28-20-26-15-11-12-16-27(26)21-28)40(55)49-23-29-32(43(29,4)5)35(49)37(52)45-30(19-24-17-18-24)36(51)38(53)44-22-31(50)46-33(39(54)48(6)7)25-13-9-8-10-14-25/h8-16,24,28-30,32-35H,17-23H2,1-7H3,(H,44,53)(H,45,52)(H,46,50)(H,47,56)/t29?,30?,32?,33-,34-,35-/m0/s1. The van der Waals surface area contributed by atoms with Crippen LogP contribution in [0.2, 0.25) is 0 Å². The first kappa shape index (κ1) is 41.4. The summed E-state index contributed by atoms with van der Waals surface area (Å²) in [5.74, 6) is -4.22. The molecule has 0 aromatic heterocycles. The van der Waals surface area contributed by atoms with Crippen LogP contribution < -0.4 is 21.3 Å². The van der Waals surface area contributed by atoms with Gasteiger partial charge >= 0.3 is 6.09 Å². The number of nitrogens with one attached hydrogen (secondary N) is 4. The molecule has 0 bridgehead atoms. The molecule has 6 amide bonds. The molecular weight excluding hydrogens is 729 g/mol. The van der Waals surface area contributed by atoms with Crippen LogP contribution in [-0.2, 0) is 46.3 Å². The van der Waals surface area contributed by atoms with E-state index in [1.165, 1.54) is 4.90 Å². The molecule has 57 heavy (non-hydrogen) atoms. The lowest BCUT2D eigenvalue weighted by Crippen LogP contribution is -2.60. The van der Waals surface area contributed by atoms with Crippen LogP contribution in [0.15, 0.2) is 54.6 Å². The van der Waals surface area contributed by atoms with Gasteiger partial charge in [0.15, 0.2) is 0 Å². The minimum absolute atomic E-state index is 0.0265. The fourth-order valence-corrected chi connectivity index (χ4v) is 8.62. The topological polar surface area (TPSA) is 183 Å². The van der Waals surface area contributed by atoms with Crippen LogP contribution in [0.1, 0.15) is 76.6 Å². The third-order valence-electron chi connectivity index (χ3n) is 11.9. The van der Waals surface area contributed by atoms with Crippen LogP contribution in [0, 0.1) is 29.1 Å². The zero-order valence-electron chi connectivity index (χ0n) is 33.9. The molecule has 2 saturated carbocycles. The quantitative estimate of drug-likeness (QED) is 0.211. The lowest BCUT2D eigenvalue weighted by atomic mass is 9.93. The molecule has 4 N–H and O–H groups in total. The Hall–Kier alpha value is -5.27. The fraction of sp³-hybridized carbons (Fsp3) is 0.558. The molecule has 306 valence electrons. The number of likely N-dealkylation sites (tertiary alicyclic amines) is 1. The zero-order valence-corrected chi connectivity index (χ0v) is 33.9. The van der Waals surface area contributed by atoms with E-state index >= 15 is 0 Å². The Morgan fingerprint density at radius 2 is 1.49 bits per heavy atom. The number of fused-ring (bicyclic) bond motifs is 2. The van der Waals surface area contributed by atoms with Crippen molar-refractivity contribution in [3.8, 4) is 0 Å². The third kappa shape index (κ3) is 9.48. The van der Waals surface area contributed by atoms with Crippen molar-refractivity contribution >= 4 is 41.4 Å². The number of carbonyl (C=O) groups excluding carboxylic acids is 7. The Balaban J connectivity index is 1.15. The SMILES string of the molecule is CN(C)C(=O)[C@@H](NC(=O)CNC(=O)C(=O)C(CC1CC1)NC(=O)[C@@H]1C2C(CN1C(=O)[C@@H](NC(=O)OC(C)(C)C)C1Cc3ccccc3C1)C2(C)C)c1ccccc1. The number of amides is 6. The summed E-state index contributed by atoms with van der Waals surface area (Å²) in [4.78, 5) is 98.0. The monoisotopic (exact) mass is 784 g/mol. The van der Waals surface area contributed by atoms with Crippen LogP contribution in [0.3, 0.4) is 0 Å². The van der Waals surface area contributed by atoms with E-state index < -0.39 is 71.8 Å². The number of ether oxygens (including phenoxy) is 1. The van der Waals surface area contributed by atoms with Crippen molar-refractivity contribution < 1.29 is 38.3 Å². The van der Waals surface area contributed by atoms with Gasteiger partial charge in [-0.2, -0.15) is 0 Å². The molecule has 6 rings (SSSR count). The van der Waals surface area contributed by atoms with Gasteiger partial charge in [-0.25, -0.2) is 4.79 Å². The normalized spacial score (nSPS) is 22.2. The van der Waals surface area contributed by atoms with Gasteiger partial charge in [0.1, 0.15) is 23.7 Å². The zero-order chi connectivity index (χ0) is 41.4. The molecule has 14 heteroatoms. The first-order valence-corrected chi connectivity index (χ1v) is 19.9. The first-order chi connectivity index (χ1) is 26.9. The Morgan fingerprint density at radius 1 is 0.877 bits per heavy atom. The number of piperidine rings is 1. The number of hydrogen-bond donors (Lipinski definition) is 4. The van der Waals surface area contributed by atoms with Crippen molar-refractivity contribution in [3.05, 3.63) is 71.3 Å². The number of hydrogen-bond acceptors (Lipinski definition) is 8. The van der Waals surface area contributed by atoms with Gasteiger partial charge in [0, 0.05) is 20.6 Å². The van der Waals surface area contributed by atoms with Gasteiger partial charge in [0.05, 0.1) is 12.6 Å². The number of ketones is 1. The van der Waals surface area contributed by atoms with Crippen molar-refractivity contribution in [2.75, 3.05) is 27.2 Å². The molecule has 2 aromatic carbocycles. The molecule has 0 radical (unpaired) electrons. The van der Waals surface area contributed by atoms with Gasteiger partial charge in [-0.05, 0) is 85.8 Å². The maximum absolute atomic E-state index is 14.7. The van der Waals surface area contributed by atoms with E-state index in [1.54, 1.807) is 70.1 Å². The molecule has 3 unspecified atom stereocenters. The highest BCUT2D eigenvalue weighted by Gasteiger charge is 2.70. The van der Waals surface area contributed by atoms with Gasteiger partial charge in [-0.1, -0.05) is 81.3 Å². The van der Waals surface area contributed by atoms with Crippen LogP contribution in [0.25, 0.3) is 0 Å². The molecule has 3 fully saturated rings. The molecule has 1 aliphatic heterocycles. The van der Waals surface area contributed by atoms with Crippen LogP contribution in [0.4, 0.5) is 4.79 Å². The highest BCUT2D eigenvalue weighted by atomic mass is 16.6. The number of benzene rings is 2. The number of alkyl carbamates (subject to hydrolysis) is 1. The summed E-state index contributed by atoms with van der Waals surface area (Å²) < 4.78 is 5.58. The number of rotatable bonds is 14. The minimum Gasteiger partial charge on any atom is -0.444 e. The van der Waals surface area contributed by atoms with Crippen molar-refractivity contribution in [1.29, 1.82) is 0 Å². The smallest absolute Gasteiger partial charge is 0.408 e. The largest absolute Gasteiger partial charge is 0.444 e. The molecule has 4 aliphatic rings. The second-order valence-corrected chi connectivity index (χ2v) is 17.9. The van der Waals surface area contributed by atoms with Gasteiger partial charge in [0.25, 0.3) is 5.91 Å². The number of carbonyl (C=O) groups is 7. The van der Waals surface area contributed by atoms with E-state index in [9.17, 15) is 33.6 Å². The second kappa shape index (κ2) is 16.3. The molecule has 14 nitrogen and oxygen atoms in total. The Bertz CT molecular complexity index is 1880. The highest BCUT2D eigenvalue weighted by Crippen LogP contribution is 2.65. The summed E-state index contributed by atoms with van der Waals surface area (Å²) in [5.41, 5.74) is 1.71. The maximum Gasteiger partial charge on any atom is 0.408 e. The van der Waals surface area contributed by atoms with Crippen molar-refractivity contribution in [3.63, 3.8) is 0 Å². The summed E-state index contributed by atoms with van der Waals surface area (Å²) in [5, 5.41) is 10.7.